The average Bonchev–Trinajstić information content (AvgIpc) is 2.53. The van der Waals surface area contributed by atoms with Crippen LogP contribution < -0.4 is 11.1 Å². The summed E-state index contributed by atoms with van der Waals surface area (Å²) in [6.07, 6.45) is 6.67. The molecule has 2 amide bonds. The predicted octanol–water partition coefficient (Wildman–Crippen LogP) is 1.04. The molecule has 128 valence electrons. The molecule has 0 spiro atoms. The van der Waals surface area contributed by atoms with Crippen molar-refractivity contribution in [3.8, 4) is 0 Å². The van der Waals surface area contributed by atoms with Crippen molar-refractivity contribution >= 4 is 11.8 Å². The Bertz CT molecular complexity index is 337. The van der Waals surface area contributed by atoms with Crippen LogP contribution in [0.2, 0.25) is 0 Å². The summed E-state index contributed by atoms with van der Waals surface area (Å²) in [5.41, 5.74) is 5.36. The molecule has 22 heavy (non-hydrogen) atoms. The Morgan fingerprint density at radius 1 is 1.32 bits per heavy atom. The third-order valence-electron chi connectivity index (χ3n) is 3.97. The van der Waals surface area contributed by atoms with Crippen LogP contribution in [0.25, 0.3) is 0 Å². The summed E-state index contributed by atoms with van der Waals surface area (Å²) in [7, 11) is 0. The Labute approximate surface area is 133 Å². The third kappa shape index (κ3) is 7.22. The van der Waals surface area contributed by atoms with Gasteiger partial charge in [0.05, 0.1) is 0 Å². The number of nitrogens with one attached hydrogen (secondary N) is 1. The Morgan fingerprint density at radius 3 is 2.86 bits per heavy atom. The minimum Gasteiger partial charge on any atom is -0.372 e. The van der Waals surface area contributed by atoms with Crippen LogP contribution in [0.5, 0.6) is 0 Å². The number of carbonyl (C=O) groups excluding carboxylic acids is 2. The second-order valence-corrected chi connectivity index (χ2v) is 5.84. The molecular formula is C16H31N3O3. The molecule has 0 saturated carbocycles. The molecule has 1 aliphatic heterocycles. The molecule has 6 heteroatoms. The zero-order valence-corrected chi connectivity index (χ0v) is 13.8. The van der Waals surface area contributed by atoms with E-state index in [0.717, 1.165) is 45.1 Å². The monoisotopic (exact) mass is 313 g/mol. The molecule has 0 bridgehead atoms. The van der Waals surface area contributed by atoms with Crippen molar-refractivity contribution in [1.82, 2.24) is 10.2 Å². The topological polar surface area (TPSA) is 84.7 Å². The summed E-state index contributed by atoms with van der Waals surface area (Å²) in [6, 6.07) is 0.0854. The van der Waals surface area contributed by atoms with E-state index in [0.29, 0.717) is 26.1 Å². The van der Waals surface area contributed by atoms with Crippen LogP contribution in [0.1, 0.15) is 51.9 Å². The maximum atomic E-state index is 12.3. The Hall–Kier alpha value is -1.14. The van der Waals surface area contributed by atoms with Crippen molar-refractivity contribution in [2.75, 3.05) is 32.8 Å². The van der Waals surface area contributed by atoms with Gasteiger partial charge in [-0.3, -0.25) is 9.59 Å². The average molecular weight is 313 g/mol. The number of rotatable bonds is 10. The maximum Gasteiger partial charge on any atom is 0.248 e. The Balaban J connectivity index is 2.33. The van der Waals surface area contributed by atoms with Gasteiger partial charge < -0.3 is 20.7 Å². The van der Waals surface area contributed by atoms with Crippen molar-refractivity contribution in [3.05, 3.63) is 0 Å². The van der Waals surface area contributed by atoms with Gasteiger partial charge in [-0.15, -0.1) is 0 Å². The summed E-state index contributed by atoms with van der Waals surface area (Å²) in [4.78, 5) is 25.7. The number of amides is 2. The van der Waals surface area contributed by atoms with Gasteiger partial charge in [0.15, 0.2) is 0 Å². The number of hydrogen-bond donors (Lipinski definition) is 2. The molecule has 1 atom stereocenters. The van der Waals surface area contributed by atoms with Crippen LogP contribution in [0.15, 0.2) is 0 Å². The molecule has 1 saturated heterocycles. The van der Waals surface area contributed by atoms with Crippen molar-refractivity contribution in [2.24, 2.45) is 5.73 Å². The van der Waals surface area contributed by atoms with Gasteiger partial charge >= 0.3 is 0 Å². The normalized spacial score (nSPS) is 18.3. The fourth-order valence-electron chi connectivity index (χ4n) is 2.69. The van der Waals surface area contributed by atoms with E-state index in [1.165, 1.54) is 0 Å². The van der Waals surface area contributed by atoms with E-state index in [-0.39, 0.29) is 24.5 Å². The van der Waals surface area contributed by atoms with Crippen LogP contribution in [0.3, 0.4) is 0 Å². The first-order valence-electron chi connectivity index (χ1n) is 8.53. The van der Waals surface area contributed by atoms with Gasteiger partial charge in [-0.05, 0) is 25.7 Å². The van der Waals surface area contributed by atoms with Gasteiger partial charge in [0.2, 0.25) is 11.8 Å². The SMILES string of the molecule is CCCCCOCC(=O)N1CCCCC1CNC(=O)CCN. The van der Waals surface area contributed by atoms with E-state index >= 15 is 0 Å². The first-order valence-corrected chi connectivity index (χ1v) is 8.53. The van der Waals surface area contributed by atoms with Crippen LogP contribution >= 0.6 is 0 Å². The van der Waals surface area contributed by atoms with Crippen LogP contribution in [-0.2, 0) is 14.3 Å². The highest BCUT2D eigenvalue weighted by atomic mass is 16.5. The molecule has 3 N–H and O–H groups in total. The van der Waals surface area contributed by atoms with Gasteiger partial charge in [0.25, 0.3) is 0 Å². The number of hydrogen-bond acceptors (Lipinski definition) is 4. The molecule has 1 fully saturated rings. The fraction of sp³-hybridized carbons (Fsp3) is 0.875. The lowest BCUT2D eigenvalue weighted by Gasteiger charge is -2.35. The molecular weight excluding hydrogens is 282 g/mol. The Morgan fingerprint density at radius 2 is 2.14 bits per heavy atom. The smallest absolute Gasteiger partial charge is 0.248 e. The molecule has 1 unspecified atom stereocenters. The first kappa shape index (κ1) is 18.9. The second-order valence-electron chi connectivity index (χ2n) is 5.84. The quantitative estimate of drug-likeness (QED) is 0.590. The van der Waals surface area contributed by atoms with E-state index in [4.69, 9.17) is 10.5 Å². The first-order chi connectivity index (χ1) is 10.7. The summed E-state index contributed by atoms with van der Waals surface area (Å²) < 4.78 is 5.47. The molecule has 0 aromatic rings. The summed E-state index contributed by atoms with van der Waals surface area (Å²) in [5, 5.41) is 2.87. The van der Waals surface area contributed by atoms with Crippen molar-refractivity contribution < 1.29 is 14.3 Å². The molecule has 0 aromatic carbocycles. The van der Waals surface area contributed by atoms with Crippen LogP contribution in [0, 0.1) is 0 Å². The fourth-order valence-corrected chi connectivity index (χ4v) is 2.69. The highest BCUT2D eigenvalue weighted by Gasteiger charge is 2.26. The number of nitrogens with two attached hydrogens (primary N) is 1. The molecule has 0 aromatic heterocycles. The summed E-state index contributed by atoms with van der Waals surface area (Å²) in [6.45, 7) is 4.56. The Kier molecular flexibility index (Phi) is 9.82. The third-order valence-corrected chi connectivity index (χ3v) is 3.97. The molecule has 1 heterocycles. The zero-order valence-electron chi connectivity index (χ0n) is 13.8. The van der Waals surface area contributed by atoms with Crippen molar-refractivity contribution in [2.45, 2.75) is 57.9 Å². The zero-order chi connectivity index (χ0) is 16.2. The van der Waals surface area contributed by atoms with E-state index in [1.54, 1.807) is 0 Å². The molecule has 6 nitrogen and oxygen atoms in total. The van der Waals surface area contributed by atoms with E-state index in [9.17, 15) is 9.59 Å². The molecule has 1 rings (SSSR count). The summed E-state index contributed by atoms with van der Waals surface area (Å²) in [5.74, 6) is -0.00874. The number of ether oxygens (including phenoxy) is 1. The van der Waals surface area contributed by atoms with E-state index in [1.807, 2.05) is 4.90 Å². The van der Waals surface area contributed by atoms with E-state index in [2.05, 4.69) is 12.2 Å². The lowest BCUT2D eigenvalue weighted by Crippen LogP contribution is -2.50. The van der Waals surface area contributed by atoms with Gasteiger partial charge in [0, 0.05) is 38.7 Å². The van der Waals surface area contributed by atoms with Crippen LogP contribution in [0.4, 0.5) is 0 Å². The molecule has 0 radical (unpaired) electrons. The largest absolute Gasteiger partial charge is 0.372 e. The van der Waals surface area contributed by atoms with Gasteiger partial charge in [0.1, 0.15) is 6.61 Å². The van der Waals surface area contributed by atoms with Crippen molar-refractivity contribution in [1.29, 1.82) is 0 Å². The number of carbonyl (C=O) groups is 2. The predicted molar refractivity (Wildman–Crippen MR) is 86.4 cm³/mol. The van der Waals surface area contributed by atoms with E-state index < -0.39 is 0 Å². The number of nitrogens with zero attached hydrogens (tertiary/aromatic N) is 1. The minimum absolute atomic E-state index is 0.0364. The van der Waals surface area contributed by atoms with Crippen LogP contribution in [-0.4, -0.2) is 55.6 Å². The van der Waals surface area contributed by atoms with Gasteiger partial charge in [-0.2, -0.15) is 0 Å². The lowest BCUT2D eigenvalue weighted by molar-refractivity contribution is -0.140. The molecule has 1 aliphatic rings. The summed E-state index contributed by atoms with van der Waals surface area (Å²) >= 11 is 0. The minimum atomic E-state index is -0.0451. The van der Waals surface area contributed by atoms with Crippen molar-refractivity contribution in [3.63, 3.8) is 0 Å². The standard InChI is InChI=1S/C16H31N3O3/c1-2-3-6-11-22-13-16(21)19-10-5-4-7-14(19)12-18-15(20)8-9-17/h14H,2-13,17H2,1H3,(H,18,20). The van der Waals surface area contributed by atoms with Gasteiger partial charge in [-0.25, -0.2) is 0 Å². The highest BCUT2D eigenvalue weighted by Crippen LogP contribution is 2.16. The molecule has 0 aliphatic carbocycles. The maximum absolute atomic E-state index is 12.3. The number of likely N-dealkylation sites (tertiary alicyclic amines) is 1. The highest BCUT2D eigenvalue weighted by molar-refractivity contribution is 5.78. The number of piperidine rings is 1. The number of unbranched alkanes of at least 4 members (excludes halogenated alkanes) is 2. The second kappa shape index (κ2) is 11.4. The van der Waals surface area contributed by atoms with Gasteiger partial charge in [-0.1, -0.05) is 19.8 Å². The lowest BCUT2D eigenvalue weighted by atomic mass is 10.0.